The smallest absolute Gasteiger partial charge is 0.343 e. The first kappa shape index (κ1) is 17.2. The molecule has 0 heterocycles. The Morgan fingerprint density at radius 3 is 2.04 bits per heavy atom. The Morgan fingerprint density at radius 1 is 1.00 bits per heavy atom. The highest BCUT2D eigenvalue weighted by atomic mass is 79.9. The van der Waals surface area contributed by atoms with Gasteiger partial charge in [0.15, 0.2) is 0 Å². The van der Waals surface area contributed by atoms with Crippen molar-refractivity contribution in [2.75, 3.05) is 0 Å². The van der Waals surface area contributed by atoms with Crippen LogP contribution in [0.3, 0.4) is 0 Å². The second-order valence-electron chi connectivity index (χ2n) is 6.17. The third kappa shape index (κ3) is 4.20. The molecule has 2 aromatic rings. The number of carboxylic acid groups (broad SMARTS) is 1. The molecule has 0 aliphatic carbocycles. The summed E-state index contributed by atoms with van der Waals surface area (Å²) in [5.74, 6) is -1.25. The van der Waals surface area contributed by atoms with Gasteiger partial charge in [-0.25, -0.2) is 9.59 Å². The zero-order valence-electron chi connectivity index (χ0n) is 13.1. The molecule has 23 heavy (non-hydrogen) atoms. The van der Waals surface area contributed by atoms with Gasteiger partial charge in [-0.3, -0.25) is 0 Å². The summed E-state index contributed by atoms with van der Waals surface area (Å²) < 4.78 is 5.73. The minimum Gasteiger partial charge on any atom is -0.478 e. The van der Waals surface area contributed by atoms with E-state index >= 15 is 0 Å². The maximum absolute atomic E-state index is 12.2. The molecule has 0 fully saturated rings. The number of halogens is 1. The van der Waals surface area contributed by atoms with Crippen LogP contribution in [0.1, 0.15) is 47.1 Å². The highest BCUT2D eigenvalue weighted by molar-refractivity contribution is 9.10. The van der Waals surface area contributed by atoms with E-state index in [2.05, 4.69) is 36.7 Å². The second-order valence-corrected chi connectivity index (χ2v) is 7.02. The summed E-state index contributed by atoms with van der Waals surface area (Å²) in [5.41, 5.74) is 1.69. The van der Waals surface area contributed by atoms with Crippen molar-refractivity contribution in [2.24, 2.45) is 0 Å². The maximum atomic E-state index is 12.2. The summed E-state index contributed by atoms with van der Waals surface area (Å²) in [6.45, 7) is 6.30. The average Bonchev–Trinajstić information content (AvgIpc) is 2.48. The zero-order chi connectivity index (χ0) is 17.2. The number of benzene rings is 2. The topological polar surface area (TPSA) is 63.6 Å². The minimum atomic E-state index is -1.04. The van der Waals surface area contributed by atoms with E-state index in [1.807, 2.05) is 12.1 Å². The van der Waals surface area contributed by atoms with E-state index in [1.165, 1.54) is 18.2 Å². The molecule has 0 aromatic heterocycles. The first-order valence-electron chi connectivity index (χ1n) is 7.04. The van der Waals surface area contributed by atoms with Crippen molar-refractivity contribution in [3.8, 4) is 5.75 Å². The van der Waals surface area contributed by atoms with E-state index in [4.69, 9.17) is 9.84 Å². The lowest BCUT2D eigenvalue weighted by Crippen LogP contribution is -2.13. The summed E-state index contributed by atoms with van der Waals surface area (Å²) in [7, 11) is 0. The van der Waals surface area contributed by atoms with Gasteiger partial charge in [0, 0.05) is 0 Å². The largest absolute Gasteiger partial charge is 0.478 e. The van der Waals surface area contributed by atoms with E-state index in [-0.39, 0.29) is 16.7 Å². The first-order chi connectivity index (χ1) is 10.7. The lowest BCUT2D eigenvalue weighted by molar-refractivity contribution is 0.0696. The average molecular weight is 377 g/mol. The van der Waals surface area contributed by atoms with E-state index in [1.54, 1.807) is 12.1 Å². The standard InChI is InChI=1S/C18H17BrO4/c1-18(2,3)13-7-4-11(5-8-13)17(22)23-15-9-6-12(16(20)21)10-14(15)19/h4-10H,1-3H3,(H,20,21). The molecular formula is C18H17BrO4. The monoisotopic (exact) mass is 376 g/mol. The molecule has 0 atom stereocenters. The van der Waals surface area contributed by atoms with Gasteiger partial charge in [-0.2, -0.15) is 0 Å². The number of hydrogen-bond donors (Lipinski definition) is 1. The van der Waals surface area contributed by atoms with Gasteiger partial charge in [0.1, 0.15) is 5.75 Å². The quantitative estimate of drug-likeness (QED) is 0.624. The van der Waals surface area contributed by atoms with Gasteiger partial charge < -0.3 is 9.84 Å². The first-order valence-corrected chi connectivity index (χ1v) is 7.83. The predicted octanol–water partition coefficient (Wildman–Crippen LogP) is 4.66. The van der Waals surface area contributed by atoms with E-state index in [9.17, 15) is 9.59 Å². The number of carbonyl (C=O) groups is 2. The Kier molecular flexibility index (Phi) is 4.90. The summed E-state index contributed by atoms with van der Waals surface area (Å²) >= 11 is 3.21. The number of ether oxygens (including phenoxy) is 1. The fourth-order valence-electron chi connectivity index (χ4n) is 1.98. The predicted molar refractivity (Wildman–Crippen MR) is 91.2 cm³/mol. The van der Waals surface area contributed by atoms with Gasteiger partial charge >= 0.3 is 11.9 Å². The molecule has 0 unspecified atom stereocenters. The van der Waals surface area contributed by atoms with Gasteiger partial charge in [-0.05, 0) is 57.2 Å². The Bertz CT molecular complexity index is 743. The van der Waals surface area contributed by atoms with Crippen molar-refractivity contribution in [3.05, 3.63) is 63.6 Å². The van der Waals surface area contributed by atoms with E-state index < -0.39 is 11.9 Å². The zero-order valence-corrected chi connectivity index (χ0v) is 14.7. The molecule has 2 rings (SSSR count). The molecule has 4 nitrogen and oxygen atoms in total. The van der Waals surface area contributed by atoms with Crippen LogP contribution in [0.2, 0.25) is 0 Å². The van der Waals surface area contributed by atoms with Crippen molar-refractivity contribution >= 4 is 27.9 Å². The van der Waals surface area contributed by atoms with Crippen molar-refractivity contribution < 1.29 is 19.4 Å². The van der Waals surface area contributed by atoms with Gasteiger partial charge in [-0.15, -0.1) is 0 Å². The molecule has 5 heteroatoms. The van der Waals surface area contributed by atoms with Crippen LogP contribution < -0.4 is 4.74 Å². The fraction of sp³-hybridized carbons (Fsp3) is 0.222. The molecule has 0 bridgehead atoms. The van der Waals surface area contributed by atoms with Crippen LogP contribution in [0.25, 0.3) is 0 Å². The summed E-state index contributed by atoms with van der Waals surface area (Å²) in [6.07, 6.45) is 0. The van der Waals surface area contributed by atoms with Gasteiger partial charge in [-0.1, -0.05) is 32.9 Å². The minimum absolute atomic E-state index is 0.0120. The highest BCUT2D eigenvalue weighted by Crippen LogP contribution is 2.27. The van der Waals surface area contributed by atoms with Crippen molar-refractivity contribution in [1.29, 1.82) is 0 Å². The summed E-state index contributed by atoms with van der Waals surface area (Å²) in [4.78, 5) is 23.1. The van der Waals surface area contributed by atoms with Crippen LogP contribution in [0.4, 0.5) is 0 Å². The highest BCUT2D eigenvalue weighted by Gasteiger charge is 2.16. The van der Waals surface area contributed by atoms with Crippen molar-refractivity contribution in [2.45, 2.75) is 26.2 Å². The molecule has 120 valence electrons. The number of hydrogen-bond acceptors (Lipinski definition) is 3. The van der Waals surface area contributed by atoms with Crippen LogP contribution in [-0.2, 0) is 5.41 Å². The molecule has 0 amide bonds. The number of aromatic carboxylic acids is 1. The van der Waals surface area contributed by atoms with Crippen LogP contribution in [0, 0.1) is 0 Å². The molecule has 2 aromatic carbocycles. The van der Waals surface area contributed by atoms with Crippen LogP contribution >= 0.6 is 15.9 Å². The fourth-order valence-corrected chi connectivity index (χ4v) is 2.44. The molecule has 0 saturated heterocycles. The molecule has 0 aliphatic heterocycles. The van der Waals surface area contributed by atoms with E-state index in [0.717, 1.165) is 5.56 Å². The molecule has 0 radical (unpaired) electrons. The Morgan fingerprint density at radius 2 is 1.57 bits per heavy atom. The number of esters is 1. The van der Waals surface area contributed by atoms with Crippen LogP contribution in [-0.4, -0.2) is 17.0 Å². The van der Waals surface area contributed by atoms with Crippen LogP contribution in [0.5, 0.6) is 5.75 Å². The third-order valence-electron chi connectivity index (χ3n) is 3.37. The Hall–Kier alpha value is -2.14. The van der Waals surface area contributed by atoms with Crippen LogP contribution in [0.15, 0.2) is 46.9 Å². The Balaban J connectivity index is 2.17. The lowest BCUT2D eigenvalue weighted by Gasteiger charge is -2.18. The molecular weight excluding hydrogens is 360 g/mol. The maximum Gasteiger partial charge on any atom is 0.343 e. The molecule has 0 spiro atoms. The van der Waals surface area contributed by atoms with Crippen molar-refractivity contribution in [3.63, 3.8) is 0 Å². The summed E-state index contributed by atoms with van der Waals surface area (Å²) in [5, 5.41) is 8.92. The molecule has 1 N–H and O–H groups in total. The molecule has 0 aliphatic rings. The normalized spacial score (nSPS) is 11.1. The second kappa shape index (κ2) is 6.54. The van der Waals surface area contributed by atoms with Gasteiger partial charge in [0.05, 0.1) is 15.6 Å². The SMILES string of the molecule is CC(C)(C)c1ccc(C(=O)Oc2ccc(C(=O)O)cc2Br)cc1. The number of carboxylic acids is 1. The Labute approximate surface area is 143 Å². The third-order valence-corrected chi connectivity index (χ3v) is 3.99. The summed E-state index contributed by atoms with van der Waals surface area (Å²) in [6, 6.07) is 11.5. The van der Waals surface area contributed by atoms with Gasteiger partial charge in [0.25, 0.3) is 0 Å². The van der Waals surface area contributed by atoms with Crippen molar-refractivity contribution in [1.82, 2.24) is 0 Å². The lowest BCUT2D eigenvalue weighted by atomic mass is 9.87. The number of carbonyl (C=O) groups excluding carboxylic acids is 1. The number of rotatable bonds is 3. The molecule has 0 saturated carbocycles. The van der Waals surface area contributed by atoms with Gasteiger partial charge in [0.2, 0.25) is 0 Å². The van der Waals surface area contributed by atoms with E-state index in [0.29, 0.717) is 10.0 Å².